The maximum absolute atomic E-state index is 12.8. The van der Waals surface area contributed by atoms with E-state index in [1.54, 1.807) is 0 Å². The summed E-state index contributed by atoms with van der Waals surface area (Å²) in [4.78, 5) is 25.4. The summed E-state index contributed by atoms with van der Waals surface area (Å²) < 4.78 is 54.0. The normalized spacial score (nSPS) is 20.6. The predicted octanol–water partition coefficient (Wildman–Crippen LogP) is 9.06. The summed E-state index contributed by atoms with van der Waals surface area (Å²) in [5, 5.41) is 30.9. The van der Waals surface area contributed by atoms with E-state index in [-0.39, 0.29) is 19.4 Å². The molecule has 0 radical (unpaired) electrons. The van der Waals surface area contributed by atoms with Gasteiger partial charge >= 0.3 is 11.9 Å². The van der Waals surface area contributed by atoms with E-state index in [1.165, 1.54) is 103 Å². The van der Waals surface area contributed by atoms with Gasteiger partial charge in [0.2, 0.25) is 0 Å². The van der Waals surface area contributed by atoms with Gasteiger partial charge in [0.05, 0.1) is 6.61 Å². The fraction of sp³-hybridized carbons (Fsp3) is 0.909. The zero-order valence-electron chi connectivity index (χ0n) is 35.7. The maximum atomic E-state index is 12.8. The Labute approximate surface area is 346 Å². The molecule has 336 valence electrons. The van der Waals surface area contributed by atoms with Crippen molar-refractivity contribution in [2.45, 2.75) is 237 Å². The summed E-state index contributed by atoms with van der Waals surface area (Å²) in [5.41, 5.74) is 0. The van der Waals surface area contributed by atoms with Crippen LogP contribution in [0.2, 0.25) is 0 Å². The Hall–Kier alpha value is -1.61. The van der Waals surface area contributed by atoms with Crippen molar-refractivity contribution in [3.8, 4) is 0 Å². The average molecular weight is 835 g/mol. The molecule has 13 heteroatoms. The first kappa shape index (κ1) is 53.4. The monoisotopic (exact) mass is 835 g/mol. The minimum absolute atomic E-state index is 0.168. The number of hydrogen-bond donors (Lipinski definition) is 4. The quantitative estimate of drug-likeness (QED) is 0.0200. The van der Waals surface area contributed by atoms with E-state index in [1.807, 2.05) is 0 Å². The van der Waals surface area contributed by atoms with Crippen molar-refractivity contribution in [1.82, 2.24) is 0 Å². The van der Waals surface area contributed by atoms with Crippen molar-refractivity contribution in [2.75, 3.05) is 19.0 Å². The molecule has 1 aliphatic heterocycles. The number of unbranched alkanes of at least 4 members (excludes halogenated alkanes) is 24. The van der Waals surface area contributed by atoms with Crippen LogP contribution >= 0.6 is 0 Å². The number of carbonyl (C=O) groups is 2. The number of hydrogen-bond acceptors (Lipinski definition) is 11. The minimum atomic E-state index is -4.60. The molecule has 1 aliphatic rings. The van der Waals surface area contributed by atoms with E-state index in [4.69, 9.17) is 18.9 Å². The number of ether oxygens (including phenoxy) is 4. The molecule has 6 atom stereocenters. The third-order valence-corrected chi connectivity index (χ3v) is 11.3. The van der Waals surface area contributed by atoms with E-state index >= 15 is 0 Å². The van der Waals surface area contributed by atoms with Gasteiger partial charge in [-0.15, -0.1) is 0 Å². The zero-order chi connectivity index (χ0) is 42.0. The van der Waals surface area contributed by atoms with E-state index in [2.05, 4.69) is 26.0 Å². The highest BCUT2D eigenvalue weighted by Gasteiger charge is 2.46. The van der Waals surface area contributed by atoms with Gasteiger partial charge in [0, 0.05) is 12.8 Å². The standard InChI is InChI=1S/C44H82O12S/c1-3-5-7-9-11-13-15-17-18-19-21-23-25-27-29-31-33-40(46)55-37(35-54-44-43(49)42(48)41(47)38(56-44)36-57(50,51)52)34-53-39(45)32-30-28-26-24-22-20-16-14-12-10-8-6-4-2/h14,16,37-38,41-44,47-49H,3-13,15,17-36H2,1-2H3,(H,50,51,52)/b16-14+/t37-,38-,41-,42?,43?,44+/m1/s1. The van der Waals surface area contributed by atoms with Crippen molar-refractivity contribution in [1.29, 1.82) is 0 Å². The van der Waals surface area contributed by atoms with Crippen LogP contribution in [0, 0.1) is 0 Å². The SMILES string of the molecule is CCCCCC/C=C/CCCCCCCC(=O)OC[C@H](CO[C@H]1O[C@H](CS(=O)(=O)O)[C@@H](O)C(O)C1O)OC(=O)CCCCCCCCCCCCCCCCCC. The van der Waals surface area contributed by atoms with Crippen LogP contribution in [-0.4, -0.2) is 96.0 Å². The molecule has 1 rings (SSSR count). The Morgan fingerprint density at radius 2 is 1.00 bits per heavy atom. The molecule has 12 nitrogen and oxygen atoms in total. The molecule has 1 fully saturated rings. The summed E-state index contributed by atoms with van der Waals surface area (Å²) in [6, 6.07) is 0. The van der Waals surface area contributed by atoms with Gasteiger partial charge in [-0.05, 0) is 38.5 Å². The molecule has 0 spiro atoms. The van der Waals surface area contributed by atoms with Gasteiger partial charge in [0.15, 0.2) is 12.4 Å². The van der Waals surface area contributed by atoms with Gasteiger partial charge in [0.1, 0.15) is 36.8 Å². The minimum Gasteiger partial charge on any atom is -0.462 e. The highest BCUT2D eigenvalue weighted by Crippen LogP contribution is 2.24. The molecule has 1 saturated heterocycles. The number of aliphatic hydroxyl groups excluding tert-OH is 3. The van der Waals surface area contributed by atoms with Gasteiger partial charge in [0.25, 0.3) is 10.1 Å². The van der Waals surface area contributed by atoms with Gasteiger partial charge < -0.3 is 34.3 Å². The first-order valence-corrected chi connectivity index (χ1v) is 24.4. The molecule has 2 unspecified atom stereocenters. The Bertz CT molecular complexity index is 1120. The van der Waals surface area contributed by atoms with Crippen LogP contribution in [0.3, 0.4) is 0 Å². The summed E-state index contributed by atoms with van der Waals surface area (Å²) in [7, 11) is -4.60. The zero-order valence-corrected chi connectivity index (χ0v) is 36.5. The highest BCUT2D eigenvalue weighted by atomic mass is 32.2. The van der Waals surface area contributed by atoms with Crippen LogP contribution < -0.4 is 0 Å². The third kappa shape index (κ3) is 30.1. The number of esters is 2. The van der Waals surface area contributed by atoms with Gasteiger partial charge in [-0.2, -0.15) is 8.42 Å². The smallest absolute Gasteiger partial charge is 0.306 e. The second-order valence-corrected chi connectivity index (χ2v) is 17.6. The first-order chi connectivity index (χ1) is 27.5. The lowest BCUT2D eigenvalue weighted by Gasteiger charge is -2.40. The number of rotatable bonds is 38. The second-order valence-electron chi connectivity index (χ2n) is 16.1. The molecule has 57 heavy (non-hydrogen) atoms. The Balaban J connectivity index is 2.44. The molecule has 0 saturated carbocycles. The molecule has 0 aliphatic carbocycles. The molecule has 0 aromatic carbocycles. The van der Waals surface area contributed by atoms with Crippen LogP contribution in [-0.2, 0) is 38.7 Å². The molecule has 0 aromatic rings. The van der Waals surface area contributed by atoms with Crippen molar-refractivity contribution >= 4 is 22.1 Å². The first-order valence-electron chi connectivity index (χ1n) is 22.7. The molecule has 4 N–H and O–H groups in total. The third-order valence-electron chi connectivity index (χ3n) is 10.6. The lowest BCUT2D eigenvalue weighted by atomic mass is 10.00. The molecule has 0 bridgehead atoms. The van der Waals surface area contributed by atoms with E-state index in [0.29, 0.717) is 12.8 Å². The van der Waals surface area contributed by atoms with Crippen LogP contribution in [0.4, 0.5) is 0 Å². The molecule has 0 aromatic heterocycles. The van der Waals surface area contributed by atoms with Crippen molar-refractivity contribution in [3.05, 3.63) is 12.2 Å². The molecular weight excluding hydrogens is 753 g/mol. The summed E-state index contributed by atoms with van der Waals surface area (Å²) in [6.45, 7) is 3.75. The summed E-state index contributed by atoms with van der Waals surface area (Å²) in [5.74, 6) is -1.98. The fourth-order valence-electron chi connectivity index (χ4n) is 7.02. The predicted molar refractivity (Wildman–Crippen MR) is 224 cm³/mol. The van der Waals surface area contributed by atoms with E-state index < -0.39 is 71.2 Å². The largest absolute Gasteiger partial charge is 0.462 e. The summed E-state index contributed by atoms with van der Waals surface area (Å²) >= 11 is 0. The van der Waals surface area contributed by atoms with Crippen molar-refractivity contribution < 1.29 is 56.8 Å². The van der Waals surface area contributed by atoms with Crippen LogP contribution in [0.1, 0.15) is 200 Å². The lowest BCUT2D eigenvalue weighted by Crippen LogP contribution is -2.60. The highest BCUT2D eigenvalue weighted by molar-refractivity contribution is 7.85. The Kier molecular flexibility index (Phi) is 33.0. The van der Waals surface area contributed by atoms with Crippen LogP contribution in [0.25, 0.3) is 0 Å². The number of carbonyl (C=O) groups excluding carboxylic acids is 2. The number of aliphatic hydroxyl groups is 3. The maximum Gasteiger partial charge on any atom is 0.306 e. The van der Waals surface area contributed by atoms with E-state index in [0.717, 1.165) is 57.8 Å². The Morgan fingerprint density at radius 3 is 1.47 bits per heavy atom. The topological polar surface area (TPSA) is 186 Å². The second kappa shape index (κ2) is 35.2. The summed E-state index contributed by atoms with van der Waals surface area (Å²) in [6.07, 6.45) is 26.8. The lowest BCUT2D eigenvalue weighted by molar-refractivity contribution is -0.297. The van der Waals surface area contributed by atoms with Gasteiger partial charge in [-0.25, -0.2) is 0 Å². The molecule has 1 heterocycles. The van der Waals surface area contributed by atoms with Crippen molar-refractivity contribution in [3.63, 3.8) is 0 Å². The van der Waals surface area contributed by atoms with Gasteiger partial charge in [-0.1, -0.05) is 161 Å². The van der Waals surface area contributed by atoms with Crippen LogP contribution in [0.15, 0.2) is 12.2 Å². The molecule has 0 amide bonds. The van der Waals surface area contributed by atoms with Gasteiger partial charge in [-0.3, -0.25) is 14.1 Å². The molecular formula is C44H82O12S. The van der Waals surface area contributed by atoms with E-state index in [9.17, 15) is 37.9 Å². The van der Waals surface area contributed by atoms with Crippen molar-refractivity contribution in [2.24, 2.45) is 0 Å². The fourth-order valence-corrected chi connectivity index (χ4v) is 7.72. The number of allylic oxidation sites excluding steroid dienone is 2. The Morgan fingerprint density at radius 1 is 0.579 bits per heavy atom. The average Bonchev–Trinajstić information content (AvgIpc) is 3.17. The van der Waals surface area contributed by atoms with Crippen LogP contribution in [0.5, 0.6) is 0 Å².